The summed E-state index contributed by atoms with van der Waals surface area (Å²) in [6, 6.07) is 0. The highest BCUT2D eigenvalue weighted by Gasteiger charge is 2.31. The lowest BCUT2D eigenvalue weighted by Gasteiger charge is -2.02. The van der Waals surface area contributed by atoms with Crippen LogP contribution in [-0.2, 0) is 0 Å². The van der Waals surface area contributed by atoms with Crippen molar-refractivity contribution >= 4 is 0 Å². The maximum atomic E-state index is 10.8. The molecule has 0 N–H and O–H groups in total. The van der Waals surface area contributed by atoms with Crippen LogP contribution in [0.1, 0.15) is 26.7 Å². The molecule has 0 bridgehead atoms. The van der Waals surface area contributed by atoms with Crippen molar-refractivity contribution in [2.24, 2.45) is 0 Å². The van der Waals surface area contributed by atoms with Crippen molar-refractivity contribution in [2.45, 2.75) is 39.3 Å². The Morgan fingerprint density at radius 2 is 1.36 bits per heavy atom. The lowest BCUT2D eigenvalue weighted by molar-refractivity contribution is -0.158. The third kappa shape index (κ3) is 26.1. The third-order valence-corrected chi connectivity index (χ3v) is 0.386. The van der Waals surface area contributed by atoms with Gasteiger partial charge in [-0.2, -0.15) is 13.2 Å². The molecule has 5 heteroatoms. The highest BCUT2D eigenvalue weighted by molar-refractivity contribution is 4.50. The van der Waals surface area contributed by atoms with Crippen LogP contribution in [0.5, 0.6) is 0 Å². The summed E-state index contributed by atoms with van der Waals surface area (Å²) >= 11 is 0. The number of alkyl halides is 5. The molecule has 0 aromatic carbocycles. The molecule has 0 rings (SSSR count). The molecule has 0 aliphatic carbocycles. The van der Waals surface area contributed by atoms with Crippen LogP contribution in [0.2, 0.25) is 0 Å². The van der Waals surface area contributed by atoms with Gasteiger partial charge < -0.3 is 0 Å². The summed E-state index contributed by atoms with van der Waals surface area (Å²) in [4.78, 5) is 0. The Labute approximate surface area is 62.4 Å². The van der Waals surface area contributed by atoms with E-state index in [4.69, 9.17) is 0 Å². The Morgan fingerprint density at radius 3 is 1.36 bits per heavy atom. The lowest BCUT2D eigenvalue weighted by Crippen LogP contribution is -2.12. The van der Waals surface area contributed by atoms with E-state index in [-0.39, 0.29) is 0 Å². The van der Waals surface area contributed by atoms with Crippen LogP contribution in [0.15, 0.2) is 0 Å². The second kappa shape index (κ2) is 6.37. The molecule has 0 fully saturated rings. The summed E-state index contributed by atoms with van der Waals surface area (Å²) in [6.07, 6.45) is -8.77. The predicted octanol–water partition coefficient (Wildman–Crippen LogP) is 3.62. The van der Waals surface area contributed by atoms with Crippen molar-refractivity contribution in [3.63, 3.8) is 0 Å². The minimum Gasteiger partial charge on any atom is -0.210 e. The van der Waals surface area contributed by atoms with Gasteiger partial charge in [0, 0.05) is 0 Å². The van der Waals surface area contributed by atoms with Gasteiger partial charge in [-0.15, -0.1) is 0 Å². The molecule has 0 amide bonds. The van der Waals surface area contributed by atoms with Gasteiger partial charge in [-0.25, -0.2) is 8.78 Å². The van der Waals surface area contributed by atoms with Gasteiger partial charge in [-0.3, -0.25) is 0 Å². The second-order valence-electron chi connectivity index (χ2n) is 1.92. The molecule has 0 saturated carbocycles. The first-order chi connectivity index (χ1) is 4.83. The third-order valence-electron chi connectivity index (χ3n) is 0.386. The molecular weight excluding hydrogens is 167 g/mol. The van der Waals surface area contributed by atoms with Crippen molar-refractivity contribution in [3.8, 4) is 0 Å². The first-order valence-corrected chi connectivity index (χ1v) is 3.18. The monoisotopic (exact) mass is 178 g/mol. The summed E-state index contributed by atoms with van der Waals surface area (Å²) in [5.74, 6) is 0. The van der Waals surface area contributed by atoms with E-state index in [1.54, 1.807) is 0 Å². The van der Waals surface area contributed by atoms with E-state index in [9.17, 15) is 22.0 Å². The summed E-state index contributed by atoms with van der Waals surface area (Å²) in [6.45, 7) is 4.25. The van der Waals surface area contributed by atoms with E-state index in [0.717, 1.165) is 0 Å². The smallest absolute Gasteiger partial charge is 0.210 e. The average molecular weight is 178 g/mol. The molecule has 11 heavy (non-hydrogen) atoms. The van der Waals surface area contributed by atoms with Crippen molar-refractivity contribution in [1.82, 2.24) is 0 Å². The fraction of sp³-hybridized carbons (Fsp3) is 1.00. The molecule has 70 valence electrons. The molecule has 0 atom stereocenters. The van der Waals surface area contributed by atoms with Gasteiger partial charge in [0.1, 0.15) is 6.42 Å². The van der Waals surface area contributed by atoms with E-state index in [1.807, 2.05) is 0 Å². The SMILES string of the molecule is CCC.FC(F)CC(F)(F)F. The molecule has 0 nitrogen and oxygen atoms in total. The zero-order valence-corrected chi connectivity index (χ0v) is 6.38. The van der Waals surface area contributed by atoms with E-state index in [1.165, 1.54) is 6.42 Å². The van der Waals surface area contributed by atoms with Gasteiger partial charge in [0.15, 0.2) is 0 Å². The fourth-order valence-electron chi connectivity index (χ4n) is 0.175. The van der Waals surface area contributed by atoms with Gasteiger partial charge in [0.2, 0.25) is 6.43 Å². The molecule has 0 spiro atoms. The normalized spacial score (nSPS) is 10.9. The van der Waals surface area contributed by atoms with Crippen LogP contribution in [-0.4, -0.2) is 12.6 Å². The van der Waals surface area contributed by atoms with Gasteiger partial charge in [0.25, 0.3) is 0 Å². The fourth-order valence-corrected chi connectivity index (χ4v) is 0.175. The Kier molecular flexibility index (Phi) is 7.67. The summed E-state index contributed by atoms with van der Waals surface area (Å²) in [7, 11) is 0. The molecule has 0 unspecified atom stereocenters. The summed E-state index contributed by atoms with van der Waals surface area (Å²) in [5, 5.41) is 0. The van der Waals surface area contributed by atoms with Crippen LogP contribution in [0.25, 0.3) is 0 Å². The van der Waals surface area contributed by atoms with Crippen molar-refractivity contribution < 1.29 is 22.0 Å². The lowest BCUT2D eigenvalue weighted by atomic mass is 10.4. The van der Waals surface area contributed by atoms with E-state index < -0.39 is 19.0 Å². The topological polar surface area (TPSA) is 0 Å². The maximum absolute atomic E-state index is 10.8. The molecule has 0 saturated heterocycles. The first kappa shape index (κ1) is 13.3. The average Bonchev–Trinajstić information content (AvgIpc) is 1.57. The molecule has 0 heterocycles. The highest BCUT2D eigenvalue weighted by atomic mass is 19.4. The van der Waals surface area contributed by atoms with Gasteiger partial charge >= 0.3 is 6.18 Å². The largest absolute Gasteiger partial charge is 0.394 e. The van der Waals surface area contributed by atoms with Crippen molar-refractivity contribution in [2.75, 3.05) is 0 Å². The Balaban J connectivity index is 0. The molecule has 0 radical (unpaired) electrons. The van der Waals surface area contributed by atoms with E-state index in [0.29, 0.717) is 0 Å². The van der Waals surface area contributed by atoms with Gasteiger partial charge in [-0.1, -0.05) is 20.3 Å². The Morgan fingerprint density at radius 1 is 1.09 bits per heavy atom. The summed E-state index contributed by atoms with van der Waals surface area (Å²) < 4.78 is 54.1. The number of hydrogen-bond donors (Lipinski definition) is 0. The number of halogens is 5. The molecule has 0 aliphatic rings. The minimum absolute atomic E-state index is 1.25. The van der Waals surface area contributed by atoms with Crippen molar-refractivity contribution in [3.05, 3.63) is 0 Å². The molecule has 0 aliphatic heterocycles. The van der Waals surface area contributed by atoms with Gasteiger partial charge in [-0.05, 0) is 0 Å². The Hall–Kier alpha value is -0.350. The van der Waals surface area contributed by atoms with Crippen LogP contribution < -0.4 is 0 Å². The Bertz CT molecular complexity index is 75.5. The highest BCUT2D eigenvalue weighted by Crippen LogP contribution is 2.22. The first-order valence-electron chi connectivity index (χ1n) is 3.18. The second-order valence-corrected chi connectivity index (χ2v) is 1.92. The van der Waals surface area contributed by atoms with Crippen molar-refractivity contribution in [1.29, 1.82) is 0 Å². The van der Waals surface area contributed by atoms with Gasteiger partial charge in [0.05, 0.1) is 0 Å². The van der Waals surface area contributed by atoms with Crippen LogP contribution >= 0.6 is 0 Å². The standard InChI is InChI=1S/C3H3F5.C3H8/c4-2(5)1-3(6,7)8;1-3-2/h2H,1H2;3H2,1-2H3. The zero-order chi connectivity index (χ0) is 9.49. The predicted molar refractivity (Wildman–Crippen MR) is 32.6 cm³/mol. The summed E-state index contributed by atoms with van der Waals surface area (Å²) in [5.41, 5.74) is 0. The van der Waals surface area contributed by atoms with Crippen LogP contribution in [0.4, 0.5) is 22.0 Å². The zero-order valence-electron chi connectivity index (χ0n) is 6.38. The number of rotatable bonds is 1. The van der Waals surface area contributed by atoms with E-state index in [2.05, 4.69) is 13.8 Å². The molecular formula is C6H11F5. The minimum atomic E-state index is -4.73. The quantitative estimate of drug-likeness (QED) is 0.538. The number of hydrogen-bond acceptors (Lipinski definition) is 0. The van der Waals surface area contributed by atoms with E-state index >= 15 is 0 Å². The maximum Gasteiger partial charge on any atom is 0.394 e. The van der Waals surface area contributed by atoms with Crippen LogP contribution in [0, 0.1) is 0 Å². The van der Waals surface area contributed by atoms with Crippen LogP contribution in [0.3, 0.4) is 0 Å². The molecule has 0 aromatic rings. The molecule has 0 aromatic heterocycles.